The molecule has 0 radical (unpaired) electrons. The number of rotatable bonds is 8. The Balaban J connectivity index is 1.97. The monoisotopic (exact) mass is 418 g/mol. The smallest absolute Gasteiger partial charge is 0.279 e. The van der Waals surface area contributed by atoms with Crippen molar-refractivity contribution in [1.82, 2.24) is 4.31 Å². The van der Waals surface area contributed by atoms with Crippen LogP contribution in [0.4, 0.5) is 5.69 Å². The van der Waals surface area contributed by atoms with Gasteiger partial charge in [0.05, 0.1) is 11.9 Å². The lowest BCUT2D eigenvalue weighted by molar-refractivity contribution is -0.885. The molecule has 1 unspecified atom stereocenters. The molecule has 0 aliphatic rings. The molecule has 1 amide bonds. The van der Waals surface area contributed by atoms with Crippen molar-refractivity contribution in [2.24, 2.45) is 0 Å². The zero-order valence-electron chi connectivity index (χ0n) is 18.1. The van der Waals surface area contributed by atoms with E-state index in [0.717, 1.165) is 11.4 Å². The van der Waals surface area contributed by atoms with Gasteiger partial charge in [-0.1, -0.05) is 23.8 Å². The summed E-state index contributed by atoms with van der Waals surface area (Å²) in [6, 6.07) is 12.5. The molecule has 158 valence electrons. The van der Waals surface area contributed by atoms with E-state index >= 15 is 0 Å². The van der Waals surface area contributed by atoms with Crippen LogP contribution in [0, 0.1) is 13.8 Å². The summed E-state index contributed by atoms with van der Waals surface area (Å²) >= 11 is 0. The van der Waals surface area contributed by atoms with Crippen molar-refractivity contribution in [3.8, 4) is 0 Å². The lowest BCUT2D eigenvalue weighted by Crippen LogP contribution is -3.08. The summed E-state index contributed by atoms with van der Waals surface area (Å²) in [6.45, 7) is 8.88. The highest BCUT2D eigenvalue weighted by molar-refractivity contribution is 7.89. The maximum absolute atomic E-state index is 12.5. The van der Waals surface area contributed by atoms with Crippen LogP contribution in [0.5, 0.6) is 0 Å². The summed E-state index contributed by atoms with van der Waals surface area (Å²) in [5, 5.41) is 2.84. The first-order valence-corrected chi connectivity index (χ1v) is 11.2. The minimum atomic E-state index is -3.53. The lowest BCUT2D eigenvalue weighted by atomic mass is 10.1. The minimum absolute atomic E-state index is 0.109. The third-order valence-electron chi connectivity index (χ3n) is 4.99. The average Bonchev–Trinajstić information content (AvgIpc) is 2.63. The fraction of sp³-hybridized carbons (Fsp3) is 0.409. The van der Waals surface area contributed by atoms with Crippen molar-refractivity contribution in [2.75, 3.05) is 26.0 Å². The molecule has 2 aromatic carbocycles. The van der Waals surface area contributed by atoms with E-state index in [4.69, 9.17) is 0 Å². The van der Waals surface area contributed by atoms with Crippen LogP contribution >= 0.6 is 0 Å². The first-order chi connectivity index (χ1) is 13.5. The van der Waals surface area contributed by atoms with Crippen molar-refractivity contribution in [3.05, 3.63) is 59.2 Å². The maximum Gasteiger partial charge on any atom is 0.279 e. The Morgan fingerprint density at radius 2 is 1.72 bits per heavy atom. The molecule has 0 heterocycles. The van der Waals surface area contributed by atoms with Gasteiger partial charge in [0, 0.05) is 24.3 Å². The Morgan fingerprint density at radius 1 is 1.10 bits per heavy atom. The number of amides is 1. The molecule has 0 bridgehead atoms. The standard InChI is InChI=1S/C22H31N3O3S/c1-16(2)25(6)29(27,28)21-11-9-20(10-12-21)23-22(26)15-24(5)14-19-8-7-17(3)13-18(19)4/h7-13,16H,14-15H2,1-6H3,(H,23,26)/p+1. The van der Waals surface area contributed by atoms with Crippen LogP contribution < -0.4 is 10.2 Å². The molecule has 0 aliphatic carbocycles. The van der Waals surface area contributed by atoms with Gasteiger partial charge >= 0.3 is 0 Å². The Kier molecular flexibility index (Phi) is 7.57. The number of nitrogens with one attached hydrogen (secondary N) is 2. The molecule has 6 nitrogen and oxygen atoms in total. The van der Waals surface area contributed by atoms with E-state index in [9.17, 15) is 13.2 Å². The van der Waals surface area contributed by atoms with Gasteiger partial charge in [0.15, 0.2) is 6.54 Å². The normalized spacial score (nSPS) is 13.0. The molecule has 0 saturated carbocycles. The van der Waals surface area contributed by atoms with Crippen molar-refractivity contribution in [2.45, 2.75) is 45.2 Å². The van der Waals surface area contributed by atoms with Gasteiger partial charge < -0.3 is 10.2 Å². The summed E-state index contributed by atoms with van der Waals surface area (Å²) in [5.74, 6) is -0.109. The number of quaternary nitrogens is 1. The van der Waals surface area contributed by atoms with Crippen LogP contribution in [-0.2, 0) is 21.4 Å². The number of aryl methyl sites for hydroxylation is 2. The molecular formula is C22H32N3O3S+. The number of benzene rings is 2. The quantitative estimate of drug-likeness (QED) is 0.689. The Hall–Kier alpha value is -2.22. The molecule has 1 atom stereocenters. The van der Waals surface area contributed by atoms with E-state index in [1.807, 2.05) is 20.9 Å². The van der Waals surface area contributed by atoms with E-state index in [1.165, 1.54) is 33.1 Å². The number of hydrogen-bond acceptors (Lipinski definition) is 3. The zero-order valence-corrected chi connectivity index (χ0v) is 18.9. The molecular weight excluding hydrogens is 386 g/mol. The Labute approximate surface area is 174 Å². The predicted molar refractivity (Wildman–Crippen MR) is 117 cm³/mol. The number of carbonyl (C=O) groups is 1. The molecule has 29 heavy (non-hydrogen) atoms. The molecule has 0 aromatic heterocycles. The van der Waals surface area contributed by atoms with Gasteiger partial charge in [0.2, 0.25) is 10.0 Å². The van der Waals surface area contributed by atoms with Gasteiger partial charge in [-0.25, -0.2) is 8.42 Å². The fourth-order valence-corrected chi connectivity index (χ4v) is 4.43. The average molecular weight is 419 g/mol. The number of nitrogens with zero attached hydrogens (tertiary/aromatic N) is 1. The largest absolute Gasteiger partial charge is 0.326 e. The maximum atomic E-state index is 12.5. The second kappa shape index (κ2) is 9.52. The van der Waals surface area contributed by atoms with Gasteiger partial charge in [-0.05, 0) is 57.5 Å². The van der Waals surface area contributed by atoms with Gasteiger partial charge in [0.1, 0.15) is 6.54 Å². The van der Waals surface area contributed by atoms with Gasteiger partial charge in [-0.15, -0.1) is 0 Å². The third kappa shape index (κ3) is 6.13. The molecule has 2 aromatic rings. The number of hydrogen-bond donors (Lipinski definition) is 2. The summed E-state index contributed by atoms with van der Waals surface area (Å²) in [7, 11) is 0.0143. The summed E-state index contributed by atoms with van der Waals surface area (Å²) in [6.07, 6.45) is 0. The molecule has 0 spiro atoms. The highest BCUT2D eigenvalue weighted by Gasteiger charge is 2.23. The van der Waals surface area contributed by atoms with Crippen LogP contribution in [0.15, 0.2) is 47.4 Å². The van der Waals surface area contributed by atoms with Crippen molar-refractivity contribution < 1.29 is 18.1 Å². The van der Waals surface area contributed by atoms with Crippen molar-refractivity contribution in [1.29, 1.82) is 0 Å². The number of sulfonamides is 1. The SMILES string of the molecule is Cc1ccc(C[NH+](C)CC(=O)Nc2ccc(S(=O)(=O)N(C)C(C)C)cc2)c(C)c1. The number of carbonyl (C=O) groups excluding carboxylic acids is 1. The Morgan fingerprint density at radius 3 is 2.28 bits per heavy atom. The summed E-state index contributed by atoms with van der Waals surface area (Å²) in [4.78, 5) is 13.7. The highest BCUT2D eigenvalue weighted by atomic mass is 32.2. The molecule has 7 heteroatoms. The van der Waals surface area contributed by atoms with Crippen LogP contribution in [0.3, 0.4) is 0 Å². The zero-order chi connectivity index (χ0) is 21.8. The van der Waals surface area contributed by atoms with Gasteiger partial charge in [-0.2, -0.15) is 4.31 Å². The second-order valence-corrected chi connectivity index (χ2v) is 9.93. The van der Waals surface area contributed by atoms with E-state index < -0.39 is 10.0 Å². The molecule has 2 rings (SSSR count). The van der Waals surface area contributed by atoms with E-state index in [-0.39, 0.29) is 16.8 Å². The summed E-state index contributed by atoms with van der Waals surface area (Å²) in [5.41, 5.74) is 4.27. The second-order valence-electron chi connectivity index (χ2n) is 7.93. The van der Waals surface area contributed by atoms with Gasteiger partial charge in [0.25, 0.3) is 5.91 Å². The molecule has 0 aliphatic heterocycles. The van der Waals surface area contributed by atoms with Crippen molar-refractivity contribution >= 4 is 21.6 Å². The van der Waals surface area contributed by atoms with Crippen LogP contribution in [0.25, 0.3) is 0 Å². The number of likely N-dealkylation sites (N-methyl/N-ethyl adjacent to an activating group) is 1. The van der Waals surface area contributed by atoms with Crippen LogP contribution in [0.2, 0.25) is 0 Å². The van der Waals surface area contributed by atoms with E-state index in [0.29, 0.717) is 12.2 Å². The van der Waals surface area contributed by atoms with E-state index in [2.05, 4.69) is 37.4 Å². The van der Waals surface area contributed by atoms with Crippen molar-refractivity contribution in [3.63, 3.8) is 0 Å². The Bertz CT molecular complexity index is 954. The van der Waals surface area contributed by atoms with Gasteiger partial charge in [-0.3, -0.25) is 4.79 Å². The number of anilines is 1. The van der Waals surface area contributed by atoms with Crippen LogP contribution in [-0.4, -0.2) is 45.3 Å². The first-order valence-electron chi connectivity index (χ1n) is 9.76. The van der Waals surface area contributed by atoms with E-state index in [1.54, 1.807) is 19.2 Å². The molecule has 0 saturated heterocycles. The molecule has 0 fully saturated rings. The molecule has 2 N–H and O–H groups in total. The lowest BCUT2D eigenvalue weighted by Gasteiger charge is -2.21. The minimum Gasteiger partial charge on any atom is -0.326 e. The summed E-state index contributed by atoms with van der Waals surface area (Å²) < 4.78 is 26.3. The fourth-order valence-electron chi connectivity index (χ4n) is 3.07. The predicted octanol–water partition coefficient (Wildman–Crippen LogP) is 1.99. The third-order valence-corrected chi connectivity index (χ3v) is 7.04. The first kappa shape index (κ1) is 23.1. The topological polar surface area (TPSA) is 70.9 Å². The highest BCUT2D eigenvalue weighted by Crippen LogP contribution is 2.19. The van der Waals surface area contributed by atoms with Crippen LogP contribution in [0.1, 0.15) is 30.5 Å².